The minimum Gasteiger partial charge on any atom is -0.383 e. The predicted molar refractivity (Wildman–Crippen MR) is 106 cm³/mol. The van der Waals surface area contributed by atoms with Crippen molar-refractivity contribution >= 4 is 17.3 Å². The van der Waals surface area contributed by atoms with E-state index in [1.54, 1.807) is 12.0 Å². The van der Waals surface area contributed by atoms with Crippen molar-refractivity contribution in [2.75, 3.05) is 31.7 Å². The van der Waals surface area contributed by atoms with Gasteiger partial charge in [-0.2, -0.15) is 13.2 Å². The second kappa shape index (κ2) is 8.69. The molecule has 0 bridgehead atoms. The lowest BCUT2D eigenvalue weighted by Gasteiger charge is -2.41. The summed E-state index contributed by atoms with van der Waals surface area (Å²) >= 11 is 0. The van der Waals surface area contributed by atoms with Gasteiger partial charge in [0.15, 0.2) is 0 Å². The average Bonchev–Trinajstić information content (AvgIpc) is 2.72. The highest BCUT2D eigenvalue weighted by molar-refractivity contribution is 5.87. The molecule has 3 rings (SSSR count). The van der Waals surface area contributed by atoms with Gasteiger partial charge in [-0.05, 0) is 48.4 Å². The van der Waals surface area contributed by atoms with Gasteiger partial charge in [0.2, 0.25) is 5.91 Å². The third-order valence-corrected chi connectivity index (χ3v) is 5.07. The summed E-state index contributed by atoms with van der Waals surface area (Å²) in [7, 11) is 1.57. The van der Waals surface area contributed by atoms with Crippen molar-refractivity contribution in [2.24, 2.45) is 0 Å². The number of anilines is 2. The molecule has 7 heteroatoms. The van der Waals surface area contributed by atoms with Crippen molar-refractivity contribution in [2.45, 2.75) is 18.6 Å². The molecule has 0 N–H and O–H groups in total. The molecule has 1 aliphatic rings. The fraction of sp³-hybridized carbons (Fsp3) is 0.318. The molecule has 29 heavy (non-hydrogen) atoms. The quantitative estimate of drug-likeness (QED) is 0.668. The summed E-state index contributed by atoms with van der Waals surface area (Å²) in [6.07, 6.45) is -2.45. The lowest BCUT2D eigenvalue weighted by atomic mass is 9.95. The van der Waals surface area contributed by atoms with Crippen molar-refractivity contribution in [3.63, 3.8) is 0 Å². The lowest BCUT2D eigenvalue weighted by molar-refractivity contribution is -0.137. The number of hydrogen-bond donors (Lipinski definition) is 0. The third kappa shape index (κ3) is 4.62. The first kappa shape index (κ1) is 20.9. The molecular formula is C22H23F3N2O2. The standard InChI is InChI=1S/C22H23F3N2O2/c1-3-21(28)26(12-13-29-2)19-14-16-6-4-5-7-20(16)27(15-19)18-10-8-17(9-11-18)22(23,24)25/h3-11,19H,1,12-15H2,2H3. The second-order valence-electron chi connectivity index (χ2n) is 6.87. The molecule has 1 atom stereocenters. The fourth-order valence-electron chi connectivity index (χ4n) is 3.64. The van der Waals surface area contributed by atoms with Gasteiger partial charge < -0.3 is 14.5 Å². The van der Waals surface area contributed by atoms with Crippen LogP contribution in [0.1, 0.15) is 11.1 Å². The topological polar surface area (TPSA) is 32.8 Å². The highest BCUT2D eigenvalue weighted by atomic mass is 19.4. The van der Waals surface area contributed by atoms with Gasteiger partial charge in [-0.3, -0.25) is 4.79 Å². The van der Waals surface area contributed by atoms with E-state index in [2.05, 4.69) is 6.58 Å². The van der Waals surface area contributed by atoms with Crippen LogP contribution in [0.4, 0.5) is 24.5 Å². The number of fused-ring (bicyclic) bond motifs is 1. The smallest absolute Gasteiger partial charge is 0.383 e. The summed E-state index contributed by atoms with van der Waals surface area (Å²) in [5.41, 5.74) is 1.92. The molecule has 2 aromatic rings. The molecule has 1 amide bonds. The molecule has 1 unspecified atom stereocenters. The van der Waals surface area contributed by atoms with Crippen LogP contribution in [0.2, 0.25) is 0 Å². The van der Waals surface area contributed by atoms with Crippen LogP contribution in [-0.4, -0.2) is 43.7 Å². The molecule has 0 radical (unpaired) electrons. The normalized spacial score (nSPS) is 16.3. The zero-order valence-corrected chi connectivity index (χ0v) is 16.2. The summed E-state index contributed by atoms with van der Waals surface area (Å²) in [6, 6.07) is 12.7. The zero-order valence-electron chi connectivity index (χ0n) is 16.2. The molecule has 0 spiro atoms. The van der Waals surface area contributed by atoms with Gasteiger partial charge in [0, 0.05) is 31.6 Å². The number of carbonyl (C=O) groups excluding carboxylic acids is 1. The Bertz CT molecular complexity index is 865. The molecule has 1 heterocycles. The maximum Gasteiger partial charge on any atom is 0.416 e. The Hall–Kier alpha value is -2.80. The Labute approximate surface area is 168 Å². The molecule has 2 aromatic carbocycles. The molecule has 0 saturated carbocycles. The Morgan fingerprint density at radius 1 is 1.24 bits per heavy atom. The van der Waals surface area contributed by atoms with Crippen molar-refractivity contribution in [1.29, 1.82) is 0 Å². The van der Waals surface area contributed by atoms with Crippen LogP contribution in [0.3, 0.4) is 0 Å². The van der Waals surface area contributed by atoms with Gasteiger partial charge in [0.25, 0.3) is 0 Å². The number of benzene rings is 2. The first-order chi connectivity index (χ1) is 13.8. The Morgan fingerprint density at radius 3 is 2.55 bits per heavy atom. The minimum absolute atomic E-state index is 0.159. The third-order valence-electron chi connectivity index (χ3n) is 5.07. The number of para-hydroxylation sites is 1. The van der Waals surface area contributed by atoms with Crippen LogP contribution in [-0.2, 0) is 22.1 Å². The summed E-state index contributed by atoms with van der Waals surface area (Å²) in [4.78, 5) is 16.1. The number of nitrogens with zero attached hydrogens (tertiary/aromatic N) is 2. The number of alkyl halides is 3. The van der Waals surface area contributed by atoms with E-state index in [0.717, 1.165) is 23.4 Å². The summed E-state index contributed by atoms with van der Waals surface area (Å²) in [5.74, 6) is -0.196. The molecule has 154 valence electrons. The van der Waals surface area contributed by atoms with Gasteiger partial charge in [-0.1, -0.05) is 24.8 Å². The van der Waals surface area contributed by atoms with Gasteiger partial charge >= 0.3 is 6.18 Å². The predicted octanol–water partition coefficient (Wildman–Crippen LogP) is 4.43. The van der Waals surface area contributed by atoms with E-state index < -0.39 is 11.7 Å². The molecule has 0 aliphatic carbocycles. The van der Waals surface area contributed by atoms with E-state index in [-0.39, 0.29) is 11.9 Å². The molecule has 1 aliphatic heterocycles. The number of halogens is 3. The largest absolute Gasteiger partial charge is 0.416 e. The SMILES string of the molecule is C=CC(=O)N(CCOC)C1Cc2ccccc2N(c2ccc(C(F)(F)F)cc2)C1. The summed E-state index contributed by atoms with van der Waals surface area (Å²) in [5, 5.41) is 0. The zero-order chi connectivity index (χ0) is 21.0. The van der Waals surface area contributed by atoms with E-state index in [1.807, 2.05) is 29.2 Å². The second-order valence-corrected chi connectivity index (χ2v) is 6.87. The Morgan fingerprint density at radius 2 is 1.93 bits per heavy atom. The number of hydrogen-bond acceptors (Lipinski definition) is 3. The van der Waals surface area contributed by atoms with Crippen LogP contribution in [0.15, 0.2) is 61.2 Å². The van der Waals surface area contributed by atoms with E-state index in [4.69, 9.17) is 4.74 Å². The van der Waals surface area contributed by atoms with Crippen molar-refractivity contribution < 1.29 is 22.7 Å². The van der Waals surface area contributed by atoms with Crippen LogP contribution < -0.4 is 4.90 Å². The number of carbonyl (C=O) groups is 1. The number of methoxy groups -OCH3 is 1. The highest BCUT2D eigenvalue weighted by Crippen LogP contribution is 2.36. The van der Waals surface area contributed by atoms with Crippen LogP contribution in [0, 0.1) is 0 Å². The van der Waals surface area contributed by atoms with Crippen LogP contribution >= 0.6 is 0 Å². The molecule has 4 nitrogen and oxygen atoms in total. The molecule has 0 aromatic heterocycles. The van der Waals surface area contributed by atoms with Crippen molar-refractivity contribution in [1.82, 2.24) is 4.90 Å². The molecular weight excluding hydrogens is 381 g/mol. The summed E-state index contributed by atoms with van der Waals surface area (Å²) < 4.78 is 43.9. The van der Waals surface area contributed by atoms with E-state index in [9.17, 15) is 18.0 Å². The fourth-order valence-corrected chi connectivity index (χ4v) is 3.64. The lowest BCUT2D eigenvalue weighted by Crippen LogP contribution is -2.50. The van der Waals surface area contributed by atoms with E-state index in [0.29, 0.717) is 31.8 Å². The van der Waals surface area contributed by atoms with Crippen LogP contribution in [0.25, 0.3) is 0 Å². The van der Waals surface area contributed by atoms with Gasteiger partial charge in [-0.25, -0.2) is 0 Å². The average molecular weight is 404 g/mol. The molecule has 0 saturated heterocycles. The Balaban J connectivity index is 1.96. The van der Waals surface area contributed by atoms with Gasteiger partial charge in [-0.15, -0.1) is 0 Å². The first-order valence-electron chi connectivity index (χ1n) is 9.30. The first-order valence-corrected chi connectivity index (χ1v) is 9.30. The van der Waals surface area contributed by atoms with Gasteiger partial charge in [0.05, 0.1) is 18.2 Å². The van der Waals surface area contributed by atoms with Crippen molar-refractivity contribution in [3.8, 4) is 0 Å². The number of amides is 1. The van der Waals surface area contributed by atoms with E-state index >= 15 is 0 Å². The van der Waals surface area contributed by atoms with Gasteiger partial charge in [0.1, 0.15) is 0 Å². The van der Waals surface area contributed by atoms with Crippen molar-refractivity contribution in [3.05, 3.63) is 72.3 Å². The van der Waals surface area contributed by atoms with Crippen LogP contribution in [0.5, 0.6) is 0 Å². The molecule has 0 fully saturated rings. The number of rotatable bonds is 6. The minimum atomic E-state index is -4.38. The summed E-state index contributed by atoms with van der Waals surface area (Å²) in [6.45, 7) is 4.85. The number of ether oxygens (including phenoxy) is 1. The monoisotopic (exact) mass is 404 g/mol. The van der Waals surface area contributed by atoms with E-state index in [1.165, 1.54) is 18.2 Å². The maximum atomic E-state index is 12.9. The maximum absolute atomic E-state index is 12.9. The Kier molecular flexibility index (Phi) is 6.27. The highest BCUT2D eigenvalue weighted by Gasteiger charge is 2.33.